The standard InChI is InChI=1S/C11H19N/c1-2-10-8-7-9-5-3-4-6-11(9)12-10/h2,9-12H,1,3-8H2. The van der Waals surface area contributed by atoms with E-state index in [2.05, 4.69) is 18.0 Å². The minimum atomic E-state index is 0.601. The summed E-state index contributed by atoms with van der Waals surface area (Å²) >= 11 is 0. The summed E-state index contributed by atoms with van der Waals surface area (Å²) in [7, 11) is 0. The van der Waals surface area contributed by atoms with Crippen LogP contribution in [0, 0.1) is 5.92 Å². The summed E-state index contributed by atoms with van der Waals surface area (Å²) in [4.78, 5) is 0. The Morgan fingerprint density at radius 3 is 2.75 bits per heavy atom. The molecule has 1 saturated heterocycles. The van der Waals surface area contributed by atoms with Crippen molar-refractivity contribution in [1.82, 2.24) is 5.32 Å². The van der Waals surface area contributed by atoms with Gasteiger partial charge in [-0.05, 0) is 31.6 Å². The molecule has 3 unspecified atom stereocenters. The highest BCUT2D eigenvalue weighted by atomic mass is 15.0. The molecule has 12 heavy (non-hydrogen) atoms. The zero-order valence-corrected chi connectivity index (χ0v) is 7.76. The maximum Gasteiger partial charge on any atom is 0.0250 e. The maximum atomic E-state index is 3.86. The number of piperidine rings is 1. The Hall–Kier alpha value is -0.300. The van der Waals surface area contributed by atoms with Gasteiger partial charge in [0.1, 0.15) is 0 Å². The molecule has 1 N–H and O–H groups in total. The van der Waals surface area contributed by atoms with E-state index in [0.29, 0.717) is 6.04 Å². The molecule has 2 rings (SSSR count). The molecule has 1 saturated carbocycles. The van der Waals surface area contributed by atoms with Crippen LogP contribution in [0.3, 0.4) is 0 Å². The quantitative estimate of drug-likeness (QED) is 0.589. The monoisotopic (exact) mass is 165 g/mol. The van der Waals surface area contributed by atoms with E-state index in [1.165, 1.54) is 38.5 Å². The first-order chi connectivity index (χ1) is 5.90. The summed E-state index contributed by atoms with van der Waals surface area (Å²) in [6.07, 6.45) is 10.6. The molecule has 0 aromatic rings. The average Bonchev–Trinajstić information content (AvgIpc) is 2.17. The lowest BCUT2D eigenvalue weighted by atomic mass is 9.78. The average molecular weight is 165 g/mol. The van der Waals surface area contributed by atoms with Gasteiger partial charge in [-0.1, -0.05) is 18.9 Å². The molecule has 0 aromatic heterocycles. The van der Waals surface area contributed by atoms with E-state index in [-0.39, 0.29) is 0 Å². The first-order valence-electron chi connectivity index (χ1n) is 5.29. The molecular weight excluding hydrogens is 146 g/mol. The van der Waals surface area contributed by atoms with Crippen molar-refractivity contribution in [1.29, 1.82) is 0 Å². The van der Waals surface area contributed by atoms with Crippen LogP contribution in [0.2, 0.25) is 0 Å². The van der Waals surface area contributed by atoms with Gasteiger partial charge < -0.3 is 5.32 Å². The lowest BCUT2D eigenvalue weighted by molar-refractivity contribution is 0.191. The molecule has 0 spiro atoms. The van der Waals surface area contributed by atoms with Crippen LogP contribution in [0.25, 0.3) is 0 Å². The van der Waals surface area contributed by atoms with Crippen molar-refractivity contribution in [3.63, 3.8) is 0 Å². The van der Waals surface area contributed by atoms with Crippen molar-refractivity contribution in [2.75, 3.05) is 0 Å². The second-order valence-corrected chi connectivity index (χ2v) is 4.24. The topological polar surface area (TPSA) is 12.0 Å². The fourth-order valence-corrected chi connectivity index (χ4v) is 2.71. The first-order valence-corrected chi connectivity index (χ1v) is 5.29. The second-order valence-electron chi connectivity index (χ2n) is 4.24. The Morgan fingerprint density at radius 1 is 1.08 bits per heavy atom. The van der Waals surface area contributed by atoms with Crippen molar-refractivity contribution in [2.24, 2.45) is 5.92 Å². The SMILES string of the molecule is C=CC1CCC2CCCCC2N1. The molecule has 1 heteroatoms. The predicted octanol–water partition coefficient (Wildman–Crippen LogP) is 2.48. The summed E-state index contributed by atoms with van der Waals surface area (Å²) < 4.78 is 0. The highest BCUT2D eigenvalue weighted by Crippen LogP contribution is 2.32. The highest BCUT2D eigenvalue weighted by molar-refractivity contribution is 4.95. The normalized spacial score (nSPS) is 41.8. The van der Waals surface area contributed by atoms with Crippen LogP contribution in [0.1, 0.15) is 38.5 Å². The molecular formula is C11H19N. The molecule has 2 fully saturated rings. The van der Waals surface area contributed by atoms with Crippen LogP contribution < -0.4 is 5.32 Å². The summed E-state index contributed by atoms with van der Waals surface area (Å²) in [6, 6.07) is 1.42. The minimum absolute atomic E-state index is 0.601. The van der Waals surface area contributed by atoms with Crippen LogP contribution in [0.4, 0.5) is 0 Å². The van der Waals surface area contributed by atoms with Gasteiger partial charge in [0.05, 0.1) is 0 Å². The lowest BCUT2D eigenvalue weighted by Crippen LogP contribution is -2.47. The molecule has 1 aliphatic carbocycles. The van der Waals surface area contributed by atoms with Crippen LogP contribution >= 0.6 is 0 Å². The smallest absolute Gasteiger partial charge is 0.0250 e. The molecule has 1 aliphatic heterocycles. The van der Waals surface area contributed by atoms with E-state index in [0.717, 1.165) is 12.0 Å². The van der Waals surface area contributed by atoms with Crippen LogP contribution in [0.5, 0.6) is 0 Å². The van der Waals surface area contributed by atoms with Gasteiger partial charge in [-0.15, -0.1) is 6.58 Å². The van der Waals surface area contributed by atoms with Crippen molar-refractivity contribution in [3.8, 4) is 0 Å². The van der Waals surface area contributed by atoms with Crippen molar-refractivity contribution >= 4 is 0 Å². The Balaban J connectivity index is 1.93. The fourth-order valence-electron chi connectivity index (χ4n) is 2.71. The number of hydrogen-bond donors (Lipinski definition) is 1. The Kier molecular flexibility index (Phi) is 2.50. The Bertz CT molecular complexity index is 164. The van der Waals surface area contributed by atoms with E-state index < -0.39 is 0 Å². The number of nitrogens with one attached hydrogen (secondary N) is 1. The zero-order valence-electron chi connectivity index (χ0n) is 7.76. The van der Waals surface area contributed by atoms with Gasteiger partial charge in [0.15, 0.2) is 0 Å². The van der Waals surface area contributed by atoms with E-state index >= 15 is 0 Å². The Labute approximate surface area is 75.2 Å². The number of fused-ring (bicyclic) bond motifs is 1. The van der Waals surface area contributed by atoms with E-state index in [1.54, 1.807) is 0 Å². The van der Waals surface area contributed by atoms with Gasteiger partial charge in [-0.25, -0.2) is 0 Å². The molecule has 1 nitrogen and oxygen atoms in total. The van der Waals surface area contributed by atoms with E-state index in [4.69, 9.17) is 0 Å². The number of rotatable bonds is 1. The maximum absolute atomic E-state index is 3.86. The van der Waals surface area contributed by atoms with Gasteiger partial charge in [0.25, 0.3) is 0 Å². The zero-order chi connectivity index (χ0) is 8.39. The van der Waals surface area contributed by atoms with Crippen molar-refractivity contribution in [3.05, 3.63) is 12.7 Å². The molecule has 3 atom stereocenters. The summed E-state index contributed by atoms with van der Waals surface area (Å²) in [5.74, 6) is 0.981. The molecule has 0 amide bonds. The fraction of sp³-hybridized carbons (Fsp3) is 0.818. The van der Waals surface area contributed by atoms with Gasteiger partial charge in [-0.3, -0.25) is 0 Å². The van der Waals surface area contributed by atoms with Gasteiger partial charge in [0.2, 0.25) is 0 Å². The van der Waals surface area contributed by atoms with Gasteiger partial charge >= 0.3 is 0 Å². The third-order valence-corrected chi connectivity index (χ3v) is 3.47. The number of hydrogen-bond acceptors (Lipinski definition) is 1. The summed E-state index contributed by atoms with van der Waals surface area (Å²) in [5, 5.41) is 3.69. The summed E-state index contributed by atoms with van der Waals surface area (Å²) in [6.45, 7) is 3.86. The van der Waals surface area contributed by atoms with E-state index in [1.807, 2.05) is 0 Å². The third kappa shape index (κ3) is 1.56. The molecule has 0 aromatic carbocycles. The molecule has 68 valence electrons. The van der Waals surface area contributed by atoms with Gasteiger partial charge in [0, 0.05) is 12.1 Å². The first kappa shape index (κ1) is 8.31. The molecule has 0 radical (unpaired) electrons. The third-order valence-electron chi connectivity index (χ3n) is 3.47. The van der Waals surface area contributed by atoms with Crippen LogP contribution in [-0.2, 0) is 0 Å². The van der Waals surface area contributed by atoms with Crippen molar-refractivity contribution < 1.29 is 0 Å². The lowest BCUT2D eigenvalue weighted by Gasteiger charge is -2.39. The summed E-state index contributed by atoms with van der Waals surface area (Å²) in [5.41, 5.74) is 0. The van der Waals surface area contributed by atoms with E-state index in [9.17, 15) is 0 Å². The largest absolute Gasteiger partial charge is 0.308 e. The molecule has 2 aliphatic rings. The molecule has 0 bridgehead atoms. The Morgan fingerprint density at radius 2 is 1.92 bits per heavy atom. The minimum Gasteiger partial charge on any atom is -0.308 e. The van der Waals surface area contributed by atoms with Crippen LogP contribution in [0.15, 0.2) is 12.7 Å². The highest BCUT2D eigenvalue weighted by Gasteiger charge is 2.30. The van der Waals surface area contributed by atoms with Crippen LogP contribution in [-0.4, -0.2) is 12.1 Å². The van der Waals surface area contributed by atoms with Crippen molar-refractivity contribution in [2.45, 2.75) is 50.6 Å². The predicted molar refractivity (Wildman–Crippen MR) is 52.1 cm³/mol. The molecule has 1 heterocycles. The van der Waals surface area contributed by atoms with Gasteiger partial charge in [-0.2, -0.15) is 0 Å². The second kappa shape index (κ2) is 3.61.